The summed E-state index contributed by atoms with van der Waals surface area (Å²) >= 11 is 0. The van der Waals surface area contributed by atoms with Crippen LogP contribution < -0.4 is 15.1 Å². The Balaban J connectivity index is 1.44. The SMILES string of the molecule is Cc1ccc(NC(=O)CN(C)C(=O)[C@@H](C)[NH+]2CC[NH+](Cc3ccccc3)CC2)cc1. The van der Waals surface area contributed by atoms with Crippen molar-refractivity contribution in [2.75, 3.05) is 45.1 Å². The minimum absolute atomic E-state index is 0.0237. The van der Waals surface area contributed by atoms with E-state index in [0.29, 0.717) is 0 Å². The predicted octanol–water partition coefficient (Wildman–Crippen LogP) is -0.236. The van der Waals surface area contributed by atoms with Crippen LogP contribution in [0.25, 0.3) is 0 Å². The van der Waals surface area contributed by atoms with Gasteiger partial charge in [-0.3, -0.25) is 9.59 Å². The first-order valence-corrected chi connectivity index (χ1v) is 10.8. The molecule has 3 N–H and O–H groups in total. The molecule has 1 aliphatic rings. The fraction of sp³-hybridized carbons (Fsp3) is 0.417. The molecule has 0 radical (unpaired) electrons. The number of quaternary nitrogens is 2. The number of anilines is 1. The third-order valence-corrected chi connectivity index (χ3v) is 5.97. The molecule has 1 atom stereocenters. The topological polar surface area (TPSA) is 58.3 Å². The molecule has 1 saturated heterocycles. The third kappa shape index (κ3) is 6.15. The Bertz CT molecular complexity index is 830. The van der Waals surface area contributed by atoms with Gasteiger partial charge in [-0.1, -0.05) is 48.0 Å². The second-order valence-electron chi connectivity index (χ2n) is 8.40. The van der Waals surface area contributed by atoms with Crippen LogP contribution in [0.5, 0.6) is 0 Å². The molecule has 1 fully saturated rings. The lowest BCUT2D eigenvalue weighted by Gasteiger charge is -2.34. The number of nitrogens with one attached hydrogen (secondary N) is 3. The maximum atomic E-state index is 12.9. The zero-order chi connectivity index (χ0) is 21.5. The molecule has 30 heavy (non-hydrogen) atoms. The summed E-state index contributed by atoms with van der Waals surface area (Å²) < 4.78 is 0. The highest BCUT2D eigenvalue weighted by Gasteiger charge is 2.33. The zero-order valence-electron chi connectivity index (χ0n) is 18.3. The Morgan fingerprint density at radius 3 is 2.27 bits per heavy atom. The molecule has 1 heterocycles. The smallest absolute Gasteiger partial charge is 0.280 e. The van der Waals surface area contributed by atoms with Crippen molar-refractivity contribution in [3.63, 3.8) is 0 Å². The van der Waals surface area contributed by atoms with Crippen molar-refractivity contribution in [1.82, 2.24) is 4.90 Å². The number of hydrogen-bond donors (Lipinski definition) is 3. The Morgan fingerprint density at radius 2 is 1.63 bits per heavy atom. The Hall–Kier alpha value is -2.70. The van der Waals surface area contributed by atoms with E-state index < -0.39 is 0 Å². The summed E-state index contributed by atoms with van der Waals surface area (Å²) in [5, 5.41) is 2.86. The maximum absolute atomic E-state index is 12.9. The summed E-state index contributed by atoms with van der Waals surface area (Å²) in [6.07, 6.45) is 0. The van der Waals surface area contributed by atoms with Crippen LogP contribution in [0.2, 0.25) is 0 Å². The molecular weight excluding hydrogens is 376 g/mol. The first-order chi connectivity index (χ1) is 14.4. The van der Waals surface area contributed by atoms with Crippen molar-refractivity contribution in [1.29, 1.82) is 0 Å². The quantitative estimate of drug-likeness (QED) is 0.590. The number of hydrogen-bond acceptors (Lipinski definition) is 2. The Kier molecular flexibility index (Phi) is 7.60. The van der Waals surface area contributed by atoms with Crippen molar-refractivity contribution in [3.8, 4) is 0 Å². The van der Waals surface area contributed by atoms with Crippen LogP contribution in [0, 0.1) is 6.92 Å². The van der Waals surface area contributed by atoms with E-state index >= 15 is 0 Å². The van der Waals surface area contributed by atoms with Gasteiger partial charge in [0.05, 0.1) is 6.54 Å². The molecule has 160 valence electrons. The standard InChI is InChI=1S/C24H32N4O2/c1-19-9-11-22(12-10-19)25-23(29)18-26(3)24(30)20(2)28-15-13-27(14-16-28)17-21-7-5-4-6-8-21/h4-12,20H,13-18H2,1-3H3,(H,25,29)/p+2/t20-/m1/s1. The summed E-state index contributed by atoms with van der Waals surface area (Å²) in [6, 6.07) is 18.1. The number of carbonyl (C=O) groups excluding carboxylic acids is 2. The lowest BCUT2D eigenvalue weighted by Crippen LogP contribution is -3.29. The van der Waals surface area contributed by atoms with E-state index in [2.05, 4.69) is 29.6 Å². The summed E-state index contributed by atoms with van der Waals surface area (Å²) in [5.41, 5.74) is 3.25. The highest BCUT2D eigenvalue weighted by molar-refractivity contribution is 5.94. The van der Waals surface area contributed by atoms with Gasteiger partial charge in [0.25, 0.3) is 5.91 Å². The van der Waals surface area contributed by atoms with E-state index in [1.54, 1.807) is 16.8 Å². The minimum atomic E-state index is -0.172. The second kappa shape index (κ2) is 10.4. The molecule has 0 aromatic heterocycles. The zero-order valence-corrected chi connectivity index (χ0v) is 18.3. The van der Waals surface area contributed by atoms with E-state index in [-0.39, 0.29) is 24.4 Å². The number of benzene rings is 2. The van der Waals surface area contributed by atoms with Crippen LogP contribution in [-0.2, 0) is 16.1 Å². The van der Waals surface area contributed by atoms with Gasteiger partial charge in [-0.2, -0.15) is 0 Å². The number of rotatable bonds is 7. The molecule has 6 nitrogen and oxygen atoms in total. The molecule has 1 aliphatic heterocycles. The van der Waals surface area contributed by atoms with Crippen LogP contribution >= 0.6 is 0 Å². The lowest BCUT2D eigenvalue weighted by atomic mass is 10.1. The lowest BCUT2D eigenvalue weighted by molar-refractivity contribution is -1.02. The average Bonchev–Trinajstić information content (AvgIpc) is 2.75. The summed E-state index contributed by atoms with van der Waals surface area (Å²) in [4.78, 5) is 29.6. The molecule has 2 aromatic carbocycles. The monoisotopic (exact) mass is 410 g/mol. The van der Waals surface area contributed by atoms with Gasteiger partial charge in [-0.25, -0.2) is 0 Å². The number of nitrogens with zero attached hydrogens (tertiary/aromatic N) is 1. The second-order valence-corrected chi connectivity index (χ2v) is 8.40. The van der Waals surface area contributed by atoms with Crippen LogP contribution in [0.3, 0.4) is 0 Å². The highest BCUT2D eigenvalue weighted by Crippen LogP contribution is 2.08. The van der Waals surface area contributed by atoms with Gasteiger partial charge in [-0.05, 0) is 26.0 Å². The first kappa shape index (κ1) is 22.0. The highest BCUT2D eigenvalue weighted by atomic mass is 16.2. The average molecular weight is 411 g/mol. The Labute approximate surface area is 179 Å². The van der Waals surface area contributed by atoms with Crippen molar-refractivity contribution in [2.45, 2.75) is 26.4 Å². The summed E-state index contributed by atoms with van der Waals surface area (Å²) in [7, 11) is 1.71. The van der Waals surface area contributed by atoms with Gasteiger partial charge in [0.15, 0.2) is 6.04 Å². The van der Waals surface area contributed by atoms with E-state index in [9.17, 15) is 9.59 Å². The number of aryl methyl sites for hydroxylation is 1. The largest absolute Gasteiger partial charge is 0.331 e. The third-order valence-electron chi connectivity index (χ3n) is 5.97. The number of piperazine rings is 1. The van der Waals surface area contributed by atoms with Crippen molar-refractivity contribution in [2.24, 2.45) is 0 Å². The molecule has 2 aromatic rings. The molecule has 0 bridgehead atoms. The molecule has 0 saturated carbocycles. The molecular formula is C24H34N4O2+2. The molecule has 0 aliphatic carbocycles. The molecule has 0 unspecified atom stereocenters. The van der Waals surface area contributed by atoms with Gasteiger partial charge >= 0.3 is 0 Å². The molecule has 2 amide bonds. The number of amides is 2. The van der Waals surface area contributed by atoms with Gasteiger partial charge in [0.2, 0.25) is 5.91 Å². The minimum Gasteiger partial charge on any atom is -0.331 e. The van der Waals surface area contributed by atoms with E-state index in [1.807, 2.05) is 44.2 Å². The van der Waals surface area contributed by atoms with E-state index in [4.69, 9.17) is 0 Å². The fourth-order valence-electron chi connectivity index (χ4n) is 4.05. The van der Waals surface area contributed by atoms with Crippen LogP contribution in [0.4, 0.5) is 5.69 Å². The van der Waals surface area contributed by atoms with Crippen molar-refractivity contribution >= 4 is 17.5 Å². The summed E-state index contributed by atoms with van der Waals surface area (Å²) in [6.45, 7) is 9.14. The van der Waals surface area contributed by atoms with Gasteiger partial charge < -0.3 is 20.0 Å². The van der Waals surface area contributed by atoms with Crippen molar-refractivity contribution < 1.29 is 19.4 Å². The normalized spacial score (nSPS) is 19.7. The van der Waals surface area contributed by atoms with E-state index in [1.165, 1.54) is 10.5 Å². The maximum Gasteiger partial charge on any atom is 0.280 e. The van der Waals surface area contributed by atoms with Crippen LogP contribution in [0.15, 0.2) is 54.6 Å². The summed E-state index contributed by atoms with van der Waals surface area (Å²) in [5.74, 6) is -0.149. The van der Waals surface area contributed by atoms with Gasteiger partial charge in [0, 0.05) is 18.3 Å². The fourth-order valence-corrected chi connectivity index (χ4v) is 4.05. The Morgan fingerprint density at radius 1 is 1.00 bits per heavy atom. The van der Waals surface area contributed by atoms with Gasteiger partial charge in [-0.15, -0.1) is 0 Å². The first-order valence-electron chi connectivity index (χ1n) is 10.8. The van der Waals surface area contributed by atoms with Gasteiger partial charge in [0.1, 0.15) is 32.7 Å². The van der Waals surface area contributed by atoms with Crippen LogP contribution in [0.1, 0.15) is 18.1 Å². The van der Waals surface area contributed by atoms with E-state index in [0.717, 1.165) is 44.0 Å². The number of carbonyl (C=O) groups is 2. The molecule has 0 spiro atoms. The van der Waals surface area contributed by atoms with Crippen molar-refractivity contribution in [3.05, 3.63) is 65.7 Å². The predicted molar refractivity (Wildman–Crippen MR) is 118 cm³/mol. The number of likely N-dealkylation sites (N-methyl/N-ethyl adjacent to an activating group) is 1. The molecule has 6 heteroatoms. The van der Waals surface area contributed by atoms with Crippen LogP contribution in [-0.4, -0.2) is 62.5 Å². The molecule has 3 rings (SSSR count).